The smallest absolute Gasteiger partial charge is 0.230 e. The van der Waals surface area contributed by atoms with Gasteiger partial charge in [-0.25, -0.2) is 0 Å². The number of amides is 1. The third kappa shape index (κ3) is 6.18. The summed E-state index contributed by atoms with van der Waals surface area (Å²) in [6, 6.07) is 20.4. The lowest BCUT2D eigenvalue weighted by atomic mass is 10.1. The molecule has 3 rings (SSSR count). The van der Waals surface area contributed by atoms with Crippen LogP contribution in [-0.4, -0.2) is 45.4 Å². The van der Waals surface area contributed by atoms with Gasteiger partial charge in [0.05, 0.1) is 24.4 Å². The quantitative estimate of drug-likeness (QED) is 0.479. The van der Waals surface area contributed by atoms with Gasteiger partial charge >= 0.3 is 0 Å². The first-order chi connectivity index (χ1) is 15.0. The fourth-order valence-corrected chi connectivity index (χ4v) is 4.34. The zero-order chi connectivity index (χ0) is 22.2. The largest absolute Gasteiger partial charge is 0.349 e. The molecule has 0 aliphatic heterocycles. The fraction of sp³-hybridized carbons (Fsp3) is 0.375. The highest BCUT2D eigenvalue weighted by atomic mass is 32.2. The lowest BCUT2D eigenvalue weighted by molar-refractivity contribution is -0.119. The highest BCUT2D eigenvalue weighted by Gasteiger charge is 2.23. The third-order valence-electron chi connectivity index (χ3n) is 5.25. The second-order valence-electron chi connectivity index (χ2n) is 7.79. The number of hydrogen-bond acceptors (Lipinski definition) is 5. The van der Waals surface area contributed by atoms with Crippen molar-refractivity contribution in [1.82, 2.24) is 25.0 Å². The van der Waals surface area contributed by atoms with E-state index in [1.165, 1.54) is 17.3 Å². The molecule has 0 aliphatic carbocycles. The number of carbonyl (C=O) groups excluding carboxylic acids is 1. The van der Waals surface area contributed by atoms with E-state index in [2.05, 4.69) is 58.1 Å². The Morgan fingerprint density at radius 3 is 2.32 bits per heavy atom. The Morgan fingerprint density at radius 1 is 1.06 bits per heavy atom. The van der Waals surface area contributed by atoms with Crippen LogP contribution in [0, 0.1) is 0 Å². The fourth-order valence-electron chi connectivity index (χ4n) is 3.58. The summed E-state index contributed by atoms with van der Waals surface area (Å²) in [7, 11) is 4.11. The number of carbonyl (C=O) groups is 1. The van der Waals surface area contributed by atoms with Crippen LogP contribution in [-0.2, 0) is 11.3 Å². The molecule has 0 spiro atoms. The van der Waals surface area contributed by atoms with Crippen LogP contribution in [0.15, 0.2) is 65.8 Å². The van der Waals surface area contributed by atoms with Crippen molar-refractivity contribution in [3.63, 3.8) is 0 Å². The lowest BCUT2D eigenvalue weighted by Crippen LogP contribution is -2.28. The highest BCUT2D eigenvalue weighted by Crippen LogP contribution is 2.26. The van der Waals surface area contributed by atoms with Gasteiger partial charge in [0.2, 0.25) is 5.91 Å². The van der Waals surface area contributed by atoms with E-state index in [1.807, 2.05) is 55.5 Å². The summed E-state index contributed by atoms with van der Waals surface area (Å²) in [6.45, 7) is 4.83. The summed E-state index contributed by atoms with van der Waals surface area (Å²) < 4.78 is 2.14. The van der Waals surface area contributed by atoms with Crippen LogP contribution in [0.5, 0.6) is 0 Å². The van der Waals surface area contributed by atoms with Crippen LogP contribution >= 0.6 is 11.8 Å². The van der Waals surface area contributed by atoms with Crippen LogP contribution in [0.2, 0.25) is 0 Å². The zero-order valence-corrected chi connectivity index (χ0v) is 19.5. The summed E-state index contributed by atoms with van der Waals surface area (Å²) >= 11 is 1.43. The Hall–Kier alpha value is -2.64. The number of nitrogens with zero attached hydrogens (tertiary/aromatic N) is 4. The van der Waals surface area contributed by atoms with Gasteiger partial charge in [-0.2, -0.15) is 0 Å². The predicted molar refractivity (Wildman–Crippen MR) is 126 cm³/mol. The van der Waals surface area contributed by atoms with Gasteiger partial charge in [0, 0.05) is 0 Å². The lowest BCUT2D eigenvalue weighted by Gasteiger charge is -2.23. The summed E-state index contributed by atoms with van der Waals surface area (Å²) in [4.78, 5) is 14.7. The van der Waals surface area contributed by atoms with E-state index in [-0.39, 0.29) is 18.0 Å². The molecule has 6 nitrogen and oxygen atoms in total. The molecular weight excluding hydrogens is 406 g/mol. The van der Waals surface area contributed by atoms with Crippen molar-refractivity contribution in [2.75, 3.05) is 19.8 Å². The molecule has 0 aliphatic rings. The molecule has 0 unspecified atom stereocenters. The van der Waals surface area contributed by atoms with Crippen molar-refractivity contribution >= 4 is 17.7 Å². The average molecular weight is 438 g/mol. The average Bonchev–Trinajstić information content (AvgIpc) is 3.16. The first-order valence-corrected chi connectivity index (χ1v) is 11.6. The molecule has 1 heterocycles. The monoisotopic (exact) mass is 437 g/mol. The minimum absolute atomic E-state index is 0.0168. The maximum atomic E-state index is 12.6. The van der Waals surface area contributed by atoms with Crippen molar-refractivity contribution in [3.8, 4) is 0 Å². The van der Waals surface area contributed by atoms with E-state index in [0.29, 0.717) is 12.3 Å². The second kappa shape index (κ2) is 11.1. The summed E-state index contributed by atoms with van der Waals surface area (Å²) in [5, 5.41) is 12.8. The van der Waals surface area contributed by atoms with Gasteiger partial charge in [-0.3, -0.25) is 9.69 Å². The minimum Gasteiger partial charge on any atom is -0.349 e. The summed E-state index contributed by atoms with van der Waals surface area (Å²) in [6.07, 6.45) is 0.930. The van der Waals surface area contributed by atoms with Gasteiger partial charge in [-0.05, 0) is 38.6 Å². The molecule has 3 aromatic rings. The normalized spacial score (nSPS) is 13.2. The van der Waals surface area contributed by atoms with E-state index < -0.39 is 0 Å². The van der Waals surface area contributed by atoms with Gasteiger partial charge in [0.15, 0.2) is 11.0 Å². The maximum Gasteiger partial charge on any atom is 0.230 e. The van der Waals surface area contributed by atoms with E-state index in [0.717, 1.165) is 23.0 Å². The highest BCUT2D eigenvalue weighted by molar-refractivity contribution is 7.99. The number of hydrogen-bond donors (Lipinski definition) is 1. The molecule has 0 saturated heterocycles. The van der Waals surface area contributed by atoms with Crippen molar-refractivity contribution in [1.29, 1.82) is 0 Å². The Labute approximate surface area is 189 Å². The first kappa shape index (κ1) is 23.0. The zero-order valence-electron chi connectivity index (χ0n) is 18.7. The molecule has 0 fully saturated rings. The number of benzene rings is 2. The minimum atomic E-state index is -0.0368. The molecule has 0 saturated carbocycles. The molecule has 1 aromatic heterocycles. The molecule has 7 heteroatoms. The van der Waals surface area contributed by atoms with E-state index in [4.69, 9.17) is 0 Å². The molecule has 2 aromatic carbocycles. The molecule has 1 amide bonds. The molecule has 164 valence electrons. The van der Waals surface area contributed by atoms with Gasteiger partial charge < -0.3 is 9.88 Å². The Bertz CT molecular complexity index is 959. The van der Waals surface area contributed by atoms with Crippen LogP contribution in [0.4, 0.5) is 0 Å². The topological polar surface area (TPSA) is 63.1 Å². The number of thioether (sulfide) groups is 1. The standard InChI is InChI=1S/C24H31N5OS/c1-5-21(28(3)4)23-26-27-24(29(23)16-19-12-8-6-9-13-19)31-17-22(30)25-18(2)20-14-10-7-11-15-20/h6-15,18,21H,5,16-17H2,1-4H3,(H,25,30)/t18-,21+/m0/s1. The molecule has 2 atom stereocenters. The van der Waals surface area contributed by atoms with Crippen LogP contribution in [0.3, 0.4) is 0 Å². The van der Waals surface area contributed by atoms with Gasteiger partial charge in [0.1, 0.15) is 0 Å². The van der Waals surface area contributed by atoms with E-state index in [9.17, 15) is 4.79 Å². The first-order valence-electron chi connectivity index (χ1n) is 10.6. The predicted octanol–water partition coefficient (Wildman–Crippen LogP) is 4.31. The number of aromatic nitrogens is 3. The van der Waals surface area contributed by atoms with E-state index >= 15 is 0 Å². The molecule has 1 N–H and O–H groups in total. The summed E-state index contributed by atoms with van der Waals surface area (Å²) in [5.41, 5.74) is 2.27. The van der Waals surface area contributed by atoms with Crippen molar-refractivity contribution in [2.24, 2.45) is 0 Å². The Morgan fingerprint density at radius 2 is 1.71 bits per heavy atom. The van der Waals surface area contributed by atoms with Crippen molar-refractivity contribution < 1.29 is 4.79 Å². The van der Waals surface area contributed by atoms with Gasteiger partial charge in [0.25, 0.3) is 0 Å². The van der Waals surface area contributed by atoms with Gasteiger partial charge in [-0.15, -0.1) is 10.2 Å². The third-order valence-corrected chi connectivity index (χ3v) is 6.21. The second-order valence-corrected chi connectivity index (χ2v) is 8.73. The Kier molecular flexibility index (Phi) is 8.26. The van der Waals surface area contributed by atoms with Crippen LogP contribution in [0.1, 0.15) is 49.3 Å². The van der Waals surface area contributed by atoms with Crippen molar-refractivity contribution in [3.05, 3.63) is 77.6 Å². The molecule has 31 heavy (non-hydrogen) atoms. The number of rotatable bonds is 10. The van der Waals surface area contributed by atoms with Gasteiger partial charge in [-0.1, -0.05) is 79.3 Å². The summed E-state index contributed by atoms with van der Waals surface area (Å²) in [5.74, 6) is 1.21. The Balaban J connectivity index is 1.74. The molecular formula is C24H31N5OS. The molecule has 0 bridgehead atoms. The number of nitrogens with one attached hydrogen (secondary N) is 1. The van der Waals surface area contributed by atoms with Crippen LogP contribution in [0.25, 0.3) is 0 Å². The molecule has 0 radical (unpaired) electrons. The maximum absolute atomic E-state index is 12.6. The van der Waals surface area contributed by atoms with E-state index in [1.54, 1.807) is 0 Å². The van der Waals surface area contributed by atoms with Crippen LogP contribution < -0.4 is 5.32 Å². The SMILES string of the molecule is CC[C@H](c1nnc(SCC(=O)N[C@@H](C)c2ccccc2)n1Cc1ccccc1)N(C)C. The van der Waals surface area contributed by atoms with Crippen molar-refractivity contribution in [2.45, 2.75) is 44.1 Å².